The number of hydrogen-bond acceptors (Lipinski definition) is 6. The predicted octanol–water partition coefficient (Wildman–Crippen LogP) is 5.30. The maximum Gasteiger partial charge on any atom is 0.229 e. The average Bonchev–Trinajstić information content (AvgIpc) is 3.68. The summed E-state index contributed by atoms with van der Waals surface area (Å²) in [7, 11) is 0. The number of rotatable bonds is 5. The molecular formula is C28H22N6O2. The van der Waals surface area contributed by atoms with Crippen LogP contribution >= 0.6 is 0 Å². The maximum atomic E-state index is 10.2. The van der Waals surface area contributed by atoms with Gasteiger partial charge in [0.1, 0.15) is 17.3 Å². The number of benzene rings is 2. The van der Waals surface area contributed by atoms with Crippen LogP contribution in [0.5, 0.6) is 5.88 Å². The summed E-state index contributed by atoms with van der Waals surface area (Å²) in [5.74, 6) is 0.453. The molecule has 1 atom stereocenters. The van der Waals surface area contributed by atoms with Crippen LogP contribution in [0.2, 0.25) is 0 Å². The van der Waals surface area contributed by atoms with Crippen LogP contribution in [-0.2, 0) is 6.42 Å². The summed E-state index contributed by atoms with van der Waals surface area (Å²) in [6.07, 6.45) is 4.28. The monoisotopic (exact) mass is 474 g/mol. The zero-order chi connectivity index (χ0) is 24.6. The van der Waals surface area contributed by atoms with Crippen molar-refractivity contribution in [2.45, 2.75) is 19.3 Å². The molecule has 0 spiro atoms. The van der Waals surface area contributed by atoms with Crippen LogP contribution in [0.15, 0.2) is 95.1 Å². The van der Waals surface area contributed by atoms with Crippen LogP contribution in [0.1, 0.15) is 29.5 Å². The summed E-state index contributed by atoms with van der Waals surface area (Å²) in [4.78, 5) is 0. The Morgan fingerprint density at radius 1 is 1.08 bits per heavy atom. The number of ether oxygens (including phenoxy) is 1. The molecular weight excluding hydrogens is 452 g/mol. The van der Waals surface area contributed by atoms with Gasteiger partial charge in [-0.2, -0.15) is 20.1 Å². The molecule has 0 fully saturated rings. The summed E-state index contributed by atoms with van der Waals surface area (Å²) < 4.78 is 13.5. The standard InChI is InChI=1S/C28H22N6O2/c1-2-17-10-12-18(13-11-17)25-21(16-31-32-25)23-20(15-29)27(30)36-28-24(23)26(22-9-6-14-35-22)33-34(28)19-7-4-3-5-8-19/h3-14,16,23H,2,30H2,1H3,(H,31,32)/t23-/m1/s1. The van der Waals surface area contributed by atoms with E-state index in [4.69, 9.17) is 20.0 Å². The molecule has 0 bridgehead atoms. The zero-order valence-electron chi connectivity index (χ0n) is 19.5. The van der Waals surface area contributed by atoms with Crippen molar-refractivity contribution in [1.82, 2.24) is 20.0 Å². The fourth-order valence-electron chi connectivity index (χ4n) is 4.64. The quantitative estimate of drug-likeness (QED) is 0.357. The molecule has 1 aliphatic heterocycles. The molecule has 36 heavy (non-hydrogen) atoms. The van der Waals surface area contributed by atoms with E-state index in [1.807, 2.05) is 36.4 Å². The van der Waals surface area contributed by atoms with Crippen LogP contribution in [0.25, 0.3) is 28.4 Å². The van der Waals surface area contributed by atoms with Gasteiger partial charge < -0.3 is 14.9 Å². The predicted molar refractivity (Wildman–Crippen MR) is 134 cm³/mol. The van der Waals surface area contributed by atoms with Crippen molar-refractivity contribution in [2.24, 2.45) is 5.73 Å². The molecule has 6 rings (SSSR count). The van der Waals surface area contributed by atoms with Crippen molar-refractivity contribution in [3.63, 3.8) is 0 Å². The Labute approximate surface area is 207 Å². The molecule has 5 aromatic rings. The summed E-state index contributed by atoms with van der Waals surface area (Å²) in [5.41, 5.74) is 12.5. The third-order valence-electron chi connectivity index (χ3n) is 6.43. The highest BCUT2D eigenvalue weighted by atomic mass is 16.5. The fourth-order valence-corrected chi connectivity index (χ4v) is 4.64. The summed E-state index contributed by atoms with van der Waals surface area (Å²) in [6, 6.07) is 23.8. The number of nitriles is 1. The Morgan fingerprint density at radius 2 is 1.89 bits per heavy atom. The first-order valence-electron chi connectivity index (χ1n) is 11.6. The molecule has 2 aromatic carbocycles. The van der Waals surface area contributed by atoms with Gasteiger partial charge in [-0.25, -0.2) is 0 Å². The first-order valence-corrected chi connectivity index (χ1v) is 11.6. The minimum absolute atomic E-state index is 0.0338. The highest BCUT2D eigenvalue weighted by Gasteiger charge is 2.40. The molecule has 3 aromatic heterocycles. The molecule has 8 nitrogen and oxygen atoms in total. The highest BCUT2D eigenvalue weighted by Crippen LogP contribution is 2.49. The van der Waals surface area contributed by atoms with E-state index in [0.29, 0.717) is 22.9 Å². The topological polar surface area (TPSA) is 119 Å². The minimum Gasteiger partial charge on any atom is -0.463 e. The van der Waals surface area contributed by atoms with Crippen molar-refractivity contribution in [1.29, 1.82) is 5.26 Å². The Hall–Kier alpha value is -5.03. The molecule has 0 saturated carbocycles. The van der Waals surface area contributed by atoms with Gasteiger partial charge in [0.15, 0.2) is 5.76 Å². The fraction of sp³-hybridized carbons (Fsp3) is 0.107. The largest absolute Gasteiger partial charge is 0.463 e. The number of hydrogen-bond donors (Lipinski definition) is 2. The van der Waals surface area contributed by atoms with E-state index in [-0.39, 0.29) is 11.5 Å². The first kappa shape index (κ1) is 21.5. The van der Waals surface area contributed by atoms with Gasteiger partial charge in [0, 0.05) is 5.56 Å². The van der Waals surface area contributed by atoms with Crippen LogP contribution in [0, 0.1) is 11.3 Å². The van der Waals surface area contributed by atoms with Crippen molar-refractivity contribution < 1.29 is 9.15 Å². The number of aromatic amines is 1. The number of nitrogens with zero attached hydrogens (tertiary/aromatic N) is 4. The van der Waals surface area contributed by atoms with Gasteiger partial charge in [-0.1, -0.05) is 49.4 Å². The lowest BCUT2D eigenvalue weighted by Gasteiger charge is -2.24. The zero-order valence-corrected chi connectivity index (χ0v) is 19.5. The van der Waals surface area contributed by atoms with Gasteiger partial charge in [0.05, 0.1) is 35.3 Å². The normalized spacial score (nSPS) is 14.8. The molecule has 0 amide bonds. The SMILES string of the molecule is CCc1ccc(-c2[nH]ncc2[C@H]2C(C#N)=C(N)Oc3c2c(-c2ccco2)nn3-c2ccccc2)cc1. The van der Waals surface area contributed by atoms with E-state index < -0.39 is 5.92 Å². The van der Waals surface area contributed by atoms with Gasteiger partial charge in [0.2, 0.25) is 11.8 Å². The van der Waals surface area contributed by atoms with Crippen molar-refractivity contribution in [2.75, 3.05) is 0 Å². The number of allylic oxidation sites excluding steroid dienone is 1. The molecule has 0 aliphatic carbocycles. The number of fused-ring (bicyclic) bond motifs is 1. The Kier molecular flexibility index (Phi) is 5.16. The maximum absolute atomic E-state index is 10.2. The lowest BCUT2D eigenvalue weighted by Crippen LogP contribution is -2.22. The lowest BCUT2D eigenvalue weighted by atomic mass is 9.82. The van der Waals surface area contributed by atoms with E-state index in [1.165, 1.54) is 5.56 Å². The van der Waals surface area contributed by atoms with E-state index in [0.717, 1.165) is 28.9 Å². The second-order valence-electron chi connectivity index (χ2n) is 8.47. The number of aryl methyl sites for hydroxylation is 1. The van der Waals surface area contributed by atoms with Gasteiger partial charge in [-0.15, -0.1) is 0 Å². The van der Waals surface area contributed by atoms with E-state index in [9.17, 15) is 5.26 Å². The molecule has 1 aliphatic rings. The Balaban J connectivity index is 1.61. The van der Waals surface area contributed by atoms with Crippen LogP contribution in [-0.4, -0.2) is 20.0 Å². The van der Waals surface area contributed by atoms with Crippen LogP contribution in [0.3, 0.4) is 0 Å². The van der Waals surface area contributed by atoms with Crippen molar-refractivity contribution >= 4 is 0 Å². The van der Waals surface area contributed by atoms with Crippen LogP contribution < -0.4 is 10.5 Å². The Morgan fingerprint density at radius 3 is 2.58 bits per heavy atom. The molecule has 8 heteroatoms. The first-order chi connectivity index (χ1) is 17.7. The molecule has 4 heterocycles. The van der Waals surface area contributed by atoms with Gasteiger partial charge in [-0.3, -0.25) is 5.10 Å². The van der Waals surface area contributed by atoms with E-state index >= 15 is 0 Å². The number of nitrogens with two attached hydrogens (primary N) is 1. The smallest absolute Gasteiger partial charge is 0.229 e. The number of H-pyrrole nitrogens is 1. The third kappa shape index (κ3) is 3.37. The summed E-state index contributed by atoms with van der Waals surface area (Å²) in [6.45, 7) is 2.12. The number of aromatic nitrogens is 4. The highest BCUT2D eigenvalue weighted by molar-refractivity contribution is 5.73. The Bertz CT molecular complexity index is 1600. The second-order valence-corrected chi connectivity index (χ2v) is 8.47. The third-order valence-corrected chi connectivity index (χ3v) is 6.43. The molecule has 0 radical (unpaired) electrons. The molecule has 0 unspecified atom stereocenters. The number of furan rings is 1. The summed E-state index contributed by atoms with van der Waals surface area (Å²) >= 11 is 0. The molecule has 176 valence electrons. The lowest BCUT2D eigenvalue weighted by molar-refractivity contribution is 0.367. The van der Waals surface area contributed by atoms with Gasteiger partial charge >= 0.3 is 0 Å². The second kappa shape index (κ2) is 8.64. The van der Waals surface area contributed by atoms with Gasteiger partial charge in [-0.05, 0) is 41.8 Å². The molecule has 0 saturated heterocycles. The number of para-hydroxylation sites is 1. The minimum atomic E-state index is -0.573. The van der Waals surface area contributed by atoms with E-state index in [2.05, 4.69) is 47.5 Å². The van der Waals surface area contributed by atoms with Crippen LogP contribution in [0.4, 0.5) is 0 Å². The van der Waals surface area contributed by atoms with Gasteiger partial charge in [0.25, 0.3) is 0 Å². The summed E-state index contributed by atoms with van der Waals surface area (Å²) in [5, 5.41) is 22.5. The average molecular weight is 475 g/mol. The van der Waals surface area contributed by atoms with Crippen molar-refractivity contribution in [3.8, 4) is 40.3 Å². The van der Waals surface area contributed by atoms with Crippen molar-refractivity contribution in [3.05, 3.63) is 107 Å². The number of nitrogens with one attached hydrogen (secondary N) is 1. The molecule has 3 N–H and O–H groups in total. The van der Waals surface area contributed by atoms with E-state index in [1.54, 1.807) is 23.2 Å².